The number of guanidine groups is 1. The molecule has 0 radical (unpaired) electrons. The summed E-state index contributed by atoms with van der Waals surface area (Å²) in [6, 6.07) is 8.66. The van der Waals surface area contributed by atoms with E-state index >= 15 is 0 Å². The van der Waals surface area contributed by atoms with Crippen molar-refractivity contribution in [2.45, 2.75) is 33.2 Å². The van der Waals surface area contributed by atoms with Crippen molar-refractivity contribution in [1.82, 2.24) is 20.4 Å². The second kappa shape index (κ2) is 14.1. The largest absolute Gasteiger partial charge is 0.495 e. The molecule has 2 atom stereocenters. The molecule has 2 aliphatic heterocycles. The minimum absolute atomic E-state index is 0. The van der Waals surface area contributed by atoms with Crippen LogP contribution < -0.4 is 20.3 Å². The van der Waals surface area contributed by atoms with Crippen LogP contribution in [0.3, 0.4) is 0 Å². The van der Waals surface area contributed by atoms with Crippen LogP contribution in [0.15, 0.2) is 29.3 Å². The molecule has 2 heterocycles. The van der Waals surface area contributed by atoms with Crippen LogP contribution in [0, 0.1) is 5.92 Å². The fourth-order valence-electron chi connectivity index (χ4n) is 4.54. The predicted molar refractivity (Wildman–Crippen MR) is 146 cm³/mol. The van der Waals surface area contributed by atoms with Crippen LogP contribution in [0.1, 0.15) is 27.2 Å². The van der Waals surface area contributed by atoms with Gasteiger partial charge in [0, 0.05) is 64.9 Å². The van der Waals surface area contributed by atoms with E-state index in [1.165, 1.54) is 38.4 Å². The number of halogens is 1. The topological polar surface area (TPSA) is 55.4 Å². The number of nitrogens with zero attached hydrogens (tertiary/aromatic N) is 4. The SMILES string of the molecule is CCNC(=NCC(C)CN1CCN(CC)CC1)NC1CCN(c2ccccc2OC)C1.I. The molecule has 2 N–H and O–H groups in total. The quantitative estimate of drug-likeness (QED) is 0.276. The maximum atomic E-state index is 5.55. The Morgan fingerprint density at radius 3 is 2.53 bits per heavy atom. The lowest BCUT2D eigenvalue weighted by Crippen LogP contribution is -2.47. The predicted octanol–water partition coefficient (Wildman–Crippen LogP) is 2.72. The minimum Gasteiger partial charge on any atom is -0.495 e. The lowest BCUT2D eigenvalue weighted by Gasteiger charge is -2.35. The summed E-state index contributed by atoms with van der Waals surface area (Å²) in [5.74, 6) is 2.44. The molecule has 7 nitrogen and oxygen atoms in total. The Kier molecular flexibility index (Phi) is 11.9. The maximum Gasteiger partial charge on any atom is 0.191 e. The summed E-state index contributed by atoms with van der Waals surface area (Å²) in [7, 11) is 1.74. The van der Waals surface area contributed by atoms with Crippen molar-refractivity contribution in [3.05, 3.63) is 24.3 Å². The van der Waals surface area contributed by atoms with Gasteiger partial charge >= 0.3 is 0 Å². The molecule has 0 amide bonds. The third kappa shape index (κ3) is 7.95. The first-order valence-corrected chi connectivity index (χ1v) is 12.0. The maximum absolute atomic E-state index is 5.55. The Balaban J connectivity index is 0.00000363. The third-order valence-electron chi connectivity index (χ3n) is 6.34. The molecule has 2 aliphatic rings. The van der Waals surface area contributed by atoms with Gasteiger partial charge in [-0.2, -0.15) is 0 Å². The van der Waals surface area contributed by atoms with Crippen molar-refractivity contribution in [2.75, 3.05) is 77.5 Å². The van der Waals surface area contributed by atoms with Gasteiger partial charge in [0.2, 0.25) is 0 Å². The summed E-state index contributed by atoms with van der Waals surface area (Å²) in [6.45, 7) is 17.5. The van der Waals surface area contributed by atoms with Gasteiger partial charge in [-0.1, -0.05) is 26.0 Å². The average molecular weight is 559 g/mol. The molecule has 2 unspecified atom stereocenters. The zero-order chi connectivity index (χ0) is 22.1. The highest BCUT2D eigenvalue weighted by Gasteiger charge is 2.25. The summed E-state index contributed by atoms with van der Waals surface area (Å²) in [5, 5.41) is 7.10. The third-order valence-corrected chi connectivity index (χ3v) is 6.34. The van der Waals surface area contributed by atoms with Crippen LogP contribution in [0.2, 0.25) is 0 Å². The van der Waals surface area contributed by atoms with Gasteiger partial charge in [0.25, 0.3) is 0 Å². The molecule has 2 fully saturated rings. The molecule has 8 heteroatoms. The molecular weight excluding hydrogens is 515 g/mol. The number of piperazine rings is 1. The van der Waals surface area contributed by atoms with Gasteiger partial charge in [-0.05, 0) is 37.9 Å². The molecule has 2 saturated heterocycles. The van der Waals surface area contributed by atoms with Gasteiger partial charge in [0.1, 0.15) is 5.75 Å². The molecule has 0 saturated carbocycles. The first kappa shape index (κ1) is 27.0. The Hall–Kier alpha value is -1.26. The molecule has 0 aromatic heterocycles. The van der Waals surface area contributed by atoms with E-state index in [4.69, 9.17) is 9.73 Å². The molecule has 182 valence electrons. The molecule has 0 aliphatic carbocycles. The van der Waals surface area contributed by atoms with Crippen molar-refractivity contribution in [3.8, 4) is 5.75 Å². The number of aliphatic imine (C=N–C) groups is 1. The fourth-order valence-corrected chi connectivity index (χ4v) is 4.54. The first-order chi connectivity index (χ1) is 15.1. The van der Waals surface area contributed by atoms with Crippen LogP contribution in [0.5, 0.6) is 5.75 Å². The van der Waals surface area contributed by atoms with Crippen LogP contribution in [0.4, 0.5) is 5.69 Å². The second-order valence-corrected chi connectivity index (χ2v) is 8.81. The monoisotopic (exact) mass is 558 g/mol. The van der Waals surface area contributed by atoms with Crippen molar-refractivity contribution in [2.24, 2.45) is 10.9 Å². The Morgan fingerprint density at radius 2 is 1.84 bits per heavy atom. The first-order valence-electron chi connectivity index (χ1n) is 12.0. The smallest absolute Gasteiger partial charge is 0.191 e. The zero-order valence-corrected chi connectivity index (χ0v) is 22.7. The molecule has 32 heavy (non-hydrogen) atoms. The molecule has 0 bridgehead atoms. The van der Waals surface area contributed by atoms with E-state index in [0.29, 0.717) is 12.0 Å². The number of para-hydroxylation sites is 2. The molecule has 1 aromatic carbocycles. The van der Waals surface area contributed by atoms with Crippen LogP contribution in [-0.4, -0.2) is 94.4 Å². The summed E-state index contributed by atoms with van der Waals surface area (Å²) in [4.78, 5) is 12.4. The number of anilines is 1. The Labute approximate surface area is 212 Å². The second-order valence-electron chi connectivity index (χ2n) is 8.81. The van der Waals surface area contributed by atoms with Gasteiger partial charge in [0.15, 0.2) is 5.96 Å². The van der Waals surface area contributed by atoms with E-state index < -0.39 is 0 Å². The highest BCUT2D eigenvalue weighted by atomic mass is 127. The van der Waals surface area contributed by atoms with Crippen molar-refractivity contribution >= 4 is 35.6 Å². The van der Waals surface area contributed by atoms with E-state index in [1.54, 1.807) is 7.11 Å². The van der Waals surface area contributed by atoms with E-state index in [-0.39, 0.29) is 24.0 Å². The average Bonchev–Trinajstić information content (AvgIpc) is 3.26. The Bertz CT molecular complexity index is 695. The number of likely N-dealkylation sites (N-methyl/N-ethyl adjacent to an activating group) is 1. The number of benzene rings is 1. The van der Waals surface area contributed by atoms with Gasteiger partial charge in [0.05, 0.1) is 12.8 Å². The summed E-state index contributed by atoms with van der Waals surface area (Å²) >= 11 is 0. The van der Waals surface area contributed by atoms with Gasteiger partial charge in [-0.3, -0.25) is 4.99 Å². The lowest BCUT2D eigenvalue weighted by atomic mass is 10.1. The summed E-state index contributed by atoms with van der Waals surface area (Å²) in [6.07, 6.45) is 1.10. The summed E-state index contributed by atoms with van der Waals surface area (Å²) < 4.78 is 5.55. The highest BCUT2D eigenvalue weighted by Crippen LogP contribution is 2.30. The minimum atomic E-state index is 0. The molecule has 3 rings (SSSR count). The van der Waals surface area contributed by atoms with Crippen molar-refractivity contribution in [3.63, 3.8) is 0 Å². The van der Waals surface area contributed by atoms with E-state index in [2.05, 4.69) is 58.2 Å². The lowest BCUT2D eigenvalue weighted by molar-refractivity contribution is 0.125. The van der Waals surface area contributed by atoms with E-state index in [0.717, 1.165) is 50.9 Å². The van der Waals surface area contributed by atoms with E-state index in [9.17, 15) is 0 Å². The standard InChI is InChI=1S/C24H42N6O.HI/c1-5-25-24(26-17-20(3)18-29-15-13-28(6-2)14-16-29)27-21-11-12-30(19-21)22-9-7-8-10-23(22)31-4;/h7-10,20-21H,5-6,11-19H2,1-4H3,(H2,25,26,27);1H. The van der Waals surface area contributed by atoms with Crippen molar-refractivity contribution in [1.29, 1.82) is 0 Å². The Morgan fingerprint density at radius 1 is 1.12 bits per heavy atom. The van der Waals surface area contributed by atoms with Gasteiger partial charge < -0.3 is 30.1 Å². The zero-order valence-electron chi connectivity index (χ0n) is 20.3. The van der Waals surface area contributed by atoms with Crippen LogP contribution >= 0.6 is 24.0 Å². The number of hydrogen-bond acceptors (Lipinski definition) is 5. The van der Waals surface area contributed by atoms with Crippen molar-refractivity contribution < 1.29 is 4.74 Å². The number of methoxy groups -OCH3 is 1. The van der Waals surface area contributed by atoms with Crippen LogP contribution in [0.25, 0.3) is 0 Å². The number of nitrogens with one attached hydrogen (secondary N) is 2. The molecular formula is C24H43IN6O. The van der Waals surface area contributed by atoms with Gasteiger partial charge in [-0.25, -0.2) is 0 Å². The summed E-state index contributed by atoms with van der Waals surface area (Å²) in [5.41, 5.74) is 1.17. The van der Waals surface area contributed by atoms with Crippen LogP contribution in [-0.2, 0) is 0 Å². The van der Waals surface area contributed by atoms with Gasteiger partial charge in [-0.15, -0.1) is 24.0 Å². The highest BCUT2D eigenvalue weighted by molar-refractivity contribution is 14.0. The van der Waals surface area contributed by atoms with E-state index in [1.807, 2.05) is 12.1 Å². The normalized spacial score (nSPS) is 21.2. The molecule has 1 aromatic rings. The number of hydrogen-bond donors (Lipinski definition) is 2. The number of rotatable bonds is 9. The number of ether oxygens (including phenoxy) is 1. The molecule has 0 spiro atoms. The fraction of sp³-hybridized carbons (Fsp3) is 0.708.